The van der Waals surface area contributed by atoms with Gasteiger partial charge < -0.3 is 15.8 Å². The van der Waals surface area contributed by atoms with Crippen LogP contribution >= 0.6 is 15.9 Å². The molecule has 4 nitrogen and oxygen atoms in total. The molecule has 1 aromatic rings. The predicted octanol–water partition coefficient (Wildman–Crippen LogP) is 3.17. The predicted molar refractivity (Wildman–Crippen MR) is 81.9 cm³/mol. The van der Waals surface area contributed by atoms with Crippen molar-refractivity contribution in [3.63, 3.8) is 0 Å². The van der Waals surface area contributed by atoms with Crippen molar-refractivity contribution >= 4 is 27.5 Å². The van der Waals surface area contributed by atoms with Crippen LogP contribution in [0.15, 0.2) is 27.8 Å². The molecule has 104 valence electrons. The first-order chi connectivity index (χ1) is 9.04. The van der Waals surface area contributed by atoms with Crippen molar-refractivity contribution in [2.24, 2.45) is 16.8 Å². The highest BCUT2D eigenvalue weighted by atomic mass is 79.9. The maximum Gasteiger partial charge on any atom is 0.173 e. The van der Waals surface area contributed by atoms with Crippen molar-refractivity contribution in [1.29, 1.82) is 0 Å². The fraction of sp³-hybridized carbons (Fsp3) is 0.500. The van der Waals surface area contributed by atoms with Gasteiger partial charge in [-0.05, 0) is 53.7 Å². The molecule has 1 aliphatic rings. The van der Waals surface area contributed by atoms with Gasteiger partial charge in [0.05, 0.1) is 5.56 Å². The summed E-state index contributed by atoms with van der Waals surface area (Å²) in [6.07, 6.45) is 2.34. The van der Waals surface area contributed by atoms with Gasteiger partial charge >= 0.3 is 0 Å². The number of hydrogen-bond acceptors (Lipinski definition) is 3. The molecule has 2 atom stereocenters. The van der Waals surface area contributed by atoms with Gasteiger partial charge in [-0.1, -0.05) is 18.1 Å². The van der Waals surface area contributed by atoms with Gasteiger partial charge in [-0.25, -0.2) is 0 Å². The van der Waals surface area contributed by atoms with Gasteiger partial charge in [-0.2, -0.15) is 0 Å². The summed E-state index contributed by atoms with van der Waals surface area (Å²) in [5.41, 5.74) is 7.62. The molecule has 2 unspecified atom stereocenters. The molecule has 1 aliphatic heterocycles. The van der Waals surface area contributed by atoms with Crippen molar-refractivity contribution in [1.82, 2.24) is 0 Å². The Labute approximate surface area is 122 Å². The summed E-state index contributed by atoms with van der Waals surface area (Å²) in [6.45, 7) is 5.52. The third kappa shape index (κ3) is 2.86. The van der Waals surface area contributed by atoms with Gasteiger partial charge in [0, 0.05) is 22.7 Å². The van der Waals surface area contributed by atoms with Gasteiger partial charge in [0.25, 0.3) is 0 Å². The van der Waals surface area contributed by atoms with Crippen LogP contribution in [0.2, 0.25) is 0 Å². The summed E-state index contributed by atoms with van der Waals surface area (Å²) in [5.74, 6) is 0.902. The van der Waals surface area contributed by atoms with Gasteiger partial charge in [0.2, 0.25) is 0 Å². The Kier molecular flexibility index (Phi) is 4.34. The maximum absolute atomic E-state index is 8.97. The van der Waals surface area contributed by atoms with Gasteiger partial charge in [0.1, 0.15) is 0 Å². The monoisotopic (exact) mass is 325 g/mol. The van der Waals surface area contributed by atoms with E-state index in [1.807, 2.05) is 18.2 Å². The minimum Gasteiger partial charge on any atom is -0.409 e. The first-order valence-electron chi connectivity index (χ1n) is 6.57. The van der Waals surface area contributed by atoms with Gasteiger partial charge in [-0.15, -0.1) is 0 Å². The number of anilines is 1. The normalized spacial score (nSPS) is 24.6. The van der Waals surface area contributed by atoms with Crippen molar-refractivity contribution < 1.29 is 5.21 Å². The molecule has 0 aliphatic carbocycles. The quantitative estimate of drug-likeness (QED) is 0.380. The number of amidine groups is 1. The Morgan fingerprint density at radius 3 is 2.84 bits per heavy atom. The maximum atomic E-state index is 8.97. The Morgan fingerprint density at radius 1 is 1.47 bits per heavy atom. The highest BCUT2D eigenvalue weighted by Crippen LogP contribution is 2.33. The molecule has 0 aromatic heterocycles. The van der Waals surface area contributed by atoms with E-state index in [-0.39, 0.29) is 5.84 Å². The number of nitrogens with zero attached hydrogens (tertiary/aromatic N) is 2. The smallest absolute Gasteiger partial charge is 0.173 e. The van der Waals surface area contributed by atoms with E-state index in [9.17, 15) is 0 Å². The topological polar surface area (TPSA) is 61.8 Å². The van der Waals surface area contributed by atoms with Crippen LogP contribution in [0, 0.1) is 5.92 Å². The minimum atomic E-state index is 0.147. The summed E-state index contributed by atoms with van der Waals surface area (Å²) in [4.78, 5) is 2.35. The highest BCUT2D eigenvalue weighted by molar-refractivity contribution is 9.10. The molecule has 1 saturated heterocycles. The van der Waals surface area contributed by atoms with Crippen LogP contribution in [0.4, 0.5) is 5.69 Å². The standard InChI is InChI=1S/C14H20BrN3O/c1-9-6-7-18(10(2)8-9)12-5-3-4-11(15)13(12)14(16)17-19/h3-5,9-10,19H,6-8H2,1-2H3,(H2,16,17). The summed E-state index contributed by atoms with van der Waals surface area (Å²) in [5, 5.41) is 12.1. The van der Waals surface area contributed by atoms with E-state index in [1.54, 1.807) is 0 Å². The van der Waals surface area contributed by atoms with Crippen LogP contribution in [0.3, 0.4) is 0 Å². The molecule has 1 heterocycles. The van der Waals surface area contributed by atoms with E-state index < -0.39 is 0 Å². The van der Waals surface area contributed by atoms with E-state index >= 15 is 0 Å². The number of benzene rings is 1. The zero-order chi connectivity index (χ0) is 14.0. The van der Waals surface area contributed by atoms with E-state index in [1.165, 1.54) is 12.8 Å². The first kappa shape index (κ1) is 14.2. The average molecular weight is 326 g/mol. The number of oxime groups is 1. The summed E-state index contributed by atoms with van der Waals surface area (Å²) >= 11 is 3.49. The van der Waals surface area contributed by atoms with Gasteiger partial charge in [0.15, 0.2) is 5.84 Å². The third-order valence-corrected chi connectivity index (χ3v) is 4.46. The first-order valence-corrected chi connectivity index (χ1v) is 7.37. The zero-order valence-electron chi connectivity index (χ0n) is 11.3. The average Bonchev–Trinajstić information content (AvgIpc) is 2.37. The fourth-order valence-electron chi connectivity index (χ4n) is 2.82. The zero-order valence-corrected chi connectivity index (χ0v) is 12.9. The lowest BCUT2D eigenvalue weighted by atomic mass is 9.92. The largest absolute Gasteiger partial charge is 0.409 e. The molecule has 1 fully saturated rings. The molecule has 5 heteroatoms. The Balaban J connectivity index is 2.42. The van der Waals surface area contributed by atoms with Crippen LogP contribution in [-0.4, -0.2) is 23.6 Å². The lowest BCUT2D eigenvalue weighted by Crippen LogP contribution is -2.41. The summed E-state index contributed by atoms with van der Waals surface area (Å²) < 4.78 is 0.853. The number of piperidine rings is 1. The van der Waals surface area contributed by atoms with Crippen LogP contribution in [0.5, 0.6) is 0 Å². The molecule has 0 bridgehead atoms. The number of nitrogens with two attached hydrogens (primary N) is 1. The summed E-state index contributed by atoms with van der Waals surface area (Å²) in [7, 11) is 0. The van der Waals surface area contributed by atoms with Crippen LogP contribution in [-0.2, 0) is 0 Å². The van der Waals surface area contributed by atoms with Crippen LogP contribution in [0.25, 0.3) is 0 Å². The molecular weight excluding hydrogens is 306 g/mol. The fourth-order valence-corrected chi connectivity index (χ4v) is 3.38. The molecule has 19 heavy (non-hydrogen) atoms. The minimum absolute atomic E-state index is 0.147. The van der Waals surface area contributed by atoms with Gasteiger partial charge in [-0.3, -0.25) is 0 Å². The van der Waals surface area contributed by atoms with E-state index in [4.69, 9.17) is 10.9 Å². The van der Waals surface area contributed by atoms with Crippen molar-refractivity contribution in [3.05, 3.63) is 28.2 Å². The lowest BCUT2D eigenvalue weighted by Gasteiger charge is -2.39. The van der Waals surface area contributed by atoms with E-state index in [2.05, 4.69) is 39.8 Å². The highest BCUT2D eigenvalue weighted by Gasteiger charge is 2.26. The van der Waals surface area contributed by atoms with Crippen LogP contribution < -0.4 is 10.6 Å². The lowest BCUT2D eigenvalue weighted by molar-refractivity contribution is 0.318. The summed E-state index contributed by atoms with van der Waals surface area (Å²) in [6, 6.07) is 6.39. The second-order valence-corrected chi connectivity index (χ2v) is 6.15. The molecule has 0 amide bonds. The molecule has 0 spiro atoms. The molecule has 2 rings (SSSR count). The van der Waals surface area contributed by atoms with Crippen molar-refractivity contribution in [2.75, 3.05) is 11.4 Å². The second kappa shape index (κ2) is 5.82. The number of hydrogen-bond donors (Lipinski definition) is 2. The van der Waals surface area contributed by atoms with E-state index in [0.29, 0.717) is 6.04 Å². The Morgan fingerprint density at radius 2 is 2.21 bits per heavy atom. The SMILES string of the molecule is CC1CCN(c2cccc(Br)c2/C(N)=N/O)C(C)C1. The Bertz CT molecular complexity index is 490. The Hall–Kier alpha value is -1.23. The molecule has 3 N–H and O–H groups in total. The second-order valence-electron chi connectivity index (χ2n) is 5.29. The molecule has 0 radical (unpaired) electrons. The van der Waals surface area contributed by atoms with E-state index in [0.717, 1.165) is 28.2 Å². The van der Waals surface area contributed by atoms with Crippen LogP contribution in [0.1, 0.15) is 32.3 Å². The number of halogens is 1. The molecule has 1 aromatic carbocycles. The van der Waals surface area contributed by atoms with Crippen molar-refractivity contribution in [2.45, 2.75) is 32.7 Å². The molecule has 0 saturated carbocycles. The van der Waals surface area contributed by atoms with Crippen molar-refractivity contribution in [3.8, 4) is 0 Å². The molecular formula is C14H20BrN3O. The number of rotatable bonds is 2. The third-order valence-electron chi connectivity index (χ3n) is 3.80.